The number of aliphatic hydroxyl groups is 2. The van der Waals surface area contributed by atoms with Gasteiger partial charge in [0.15, 0.2) is 6.29 Å². The molecule has 3 aromatic carbocycles. The maximum Gasteiger partial charge on any atom is 0.407 e. The van der Waals surface area contributed by atoms with Crippen LogP contribution in [0.5, 0.6) is 5.75 Å². The second-order valence-electron chi connectivity index (χ2n) is 8.17. The number of aliphatic hydroxyl groups excluding tert-OH is 2. The van der Waals surface area contributed by atoms with Crippen molar-refractivity contribution in [1.82, 2.24) is 5.32 Å². The van der Waals surface area contributed by atoms with Crippen LogP contribution in [0.15, 0.2) is 66.7 Å². The van der Waals surface area contributed by atoms with Gasteiger partial charge in [-0.1, -0.05) is 54.6 Å². The predicted octanol–water partition coefficient (Wildman–Crippen LogP) is 3.83. The van der Waals surface area contributed by atoms with Gasteiger partial charge in [-0.15, -0.1) is 0 Å². The zero-order chi connectivity index (χ0) is 24.1. The van der Waals surface area contributed by atoms with E-state index in [-0.39, 0.29) is 25.5 Å². The molecule has 1 aliphatic carbocycles. The van der Waals surface area contributed by atoms with Gasteiger partial charge in [0.2, 0.25) is 0 Å². The van der Waals surface area contributed by atoms with Crippen LogP contribution in [0.3, 0.4) is 0 Å². The second kappa shape index (κ2) is 10.5. The number of benzene rings is 3. The molecule has 4 rings (SSSR count). The molecular weight excluding hydrogens is 434 g/mol. The molecule has 0 saturated heterocycles. The number of nitrogens with one attached hydrogen (secondary N) is 1. The van der Waals surface area contributed by atoms with Crippen LogP contribution in [-0.4, -0.2) is 49.0 Å². The zero-order valence-corrected chi connectivity index (χ0v) is 18.8. The molecule has 0 fully saturated rings. The molecule has 176 valence electrons. The van der Waals surface area contributed by atoms with Crippen molar-refractivity contribution < 1.29 is 29.3 Å². The number of hydrogen-bond donors (Lipinski definition) is 3. The quantitative estimate of drug-likeness (QED) is 0.419. The molecule has 0 spiro atoms. The lowest BCUT2D eigenvalue weighted by atomic mass is 9.98. The first-order valence-electron chi connectivity index (χ1n) is 11.1. The zero-order valence-electron chi connectivity index (χ0n) is 18.8. The summed E-state index contributed by atoms with van der Waals surface area (Å²) in [4.78, 5) is 23.3. The molecule has 7 heteroatoms. The number of rotatable bonds is 9. The van der Waals surface area contributed by atoms with Gasteiger partial charge in [0.05, 0.1) is 18.8 Å². The number of fused-ring (bicyclic) bond motifs is 3. The summed E-state index contributed by atoms with van der Waals surface area (Å²) >= 11 is 0. The summed E-state index contributed by atoms with van der Waals surface area (Å²) in [5.74, 6) is 0.283. The Hall–Kier alpha value is -3.68. The van der Waals surface area contributed by atoms with Crippen LogP contribution in [0.1, 0.15) is 45.5 Å². The summed E-state index contributed by atoms with van der Waals surface area (Å²) in [5.41, 5.74) is 5.34. The van der Waals surface area contributed by atoms with Crippen molar-refractivity contribution in [3.8, 4) is 16.9 Å². The Labute approximate surface area is 198 Å². The average Bonchev–Trinajstić information content (AvgIpc) is 3.20. The fraction of sp³-hybridized carbons (Fsp3) is 0.259. The lowest BCUT2D eigenvalue weighted by Crippen LogP contribution is -2.30. The van der Waals surface area contributed by atoms with Crippen LogP contribution < -0.4 is 10.1 Å². The second-order valence-corrected chi connectivity index (χ2v) is 8.17. The molecule has 3 aromatic rings. The average molecular weight is 462 g/mol. The number of methoxy groups -OCH3 is 1. The van der Waals surface area contributed by atoms with E-state index in [4.69, 9.17) is 9.47 Å². The number of carbonyl (C=O) groups is 2. The molecule has 0 bridgehead atoms. The molecule has 0 radical (unpaired) electrons. The number of aldehydes is 1. The molecule has 2 atom stereocenters. The van der Waals surface area contributed by atoms with E-state index in [0.29, 0.717) is 23.2 Å². The third-order valence-electron chi connectivity index (χ3n) is 6.14. The van der Waals surface area contributed by atoms with Crippen LogP contribution in [-0.2, 0) is 4.74 Å². The molecule has 1 aliphatic rings. The summed E-state index contributed by atoms with van der Waals surface area (Å²) in [6, 6.07) is 20.8. The Balaban J connectivity index is 1.28. The van der Waals surface area contributed by atoms with Crippen LogP contribution in [0.4, 0.5) is 4.79 Å². The third kappa shape index (κ3) is 4.81. The summed E-state index contributed by atoms with van der Waals surface area (Å²) in [5, 5.41) is 23.4. The minimum atomic E-state index is -1.20. The lowest BCUT2D eigenvalue weighted by Gasteiger charge is -2.19. The SMILES string of the molecule is COc1cc(C(O)C(O)CCNC(=O)OCC2c3ccccc3-c3ccccc32)ccc1C=O. The molecule has 1 amide bonds. The monoisotopic (exact) mass is 461 g/mol. The van der Waals surface area contributed by atoms with Gasteiger partial charge in [-0.2, -0.15) is 0 Å². The van der Waals surface area contributed by atoms with Gasteiger partial charge >= 0.3 is 6.09 Å². The molecular formula is C27H27NO6. The Morgan fingerprint density at radius 3 is 2.29 bits per heavy atom. The van der Waals surface area contributed by atoms with Gasteiger partial charge in [-0.25, -0.2) is 4.79 Å². The van der Waals surface area contributed by atoms with Gasteiger partial charge in [-0.3, -0.25) is 4.79 Å². The first-order chi connectivity index (χ1) is 16.5. The van der Waals surface area contributed by atoms with Crippen molar-refractivity contribution in [1.29, 1.82) is 0 Å². The number of ether oxygens (including phenoxy) is 2. The van der Waals surface area contributed by atoms with Gasteiger partial charge < -0.3 is 25.0 Å². The van der Waals surface area contributed by atoms with Crippen LogP contribution >= 0.6 is 0 Å². The smallest absolute Gasteiger partial charge is 0.407 e. The lowest BCUT2D eigenvalue weighted by molar-refractivity contribution is 0.0135. The normalized spacial score (nSPS) is 14.0. The van der Waals surface area contributed by atoms with Crippen LogP contribution in [0.25, 0.3) is 11.1 Å². The Kier molecular flexibility index (Phi) is 7.25. The summed E-state index contributed by atoms with van der Waals surface area (Å²) in [6.45, 7) is 0.326. The van der Waals surface area contributed by atoms with E-state index in [0.717, 1.165) is 22.3 Å². The van der Waals surface area contributed by atoms with Crippen molar-refractivity contribution in [3.63, 3.8) is 0 Å². The van der Waals surface area contributed by atoms with Crippen molar-refractivity contribution >= 4 is 12.4 Å². The molecule has 0 aromatic heterocycles. The Bertz CT molecular complexity index is 1130. The number of amides is 1. The van der Waals surface area contributed by atoms with Crippen LogP contribution in [0.2, 0.25) is 0 Å². The van der Waals surface area contributed by atoms with Crippen molar-refractivity contribution in [3.05, 3.63) is 89.0 Å². The molecule has 3 N–H and O–H groups in total. The van der Waals surface area contributed by atoms with Gasteiger partial charge in [0, 0.05) is 12.5 Å². The van der Waals surface area contributed by atoms with E-state index in [1.807, 2.05) is 24.3 Å². The van der Waals surface area contributed by atoms with Gasteiger partial charge in [-0.05, 0) is 46.4 Å². The molecule has 34 heavy (non-hydrogen) atoms. The maximum atomic E-state index is 12.3. The molecule has 0 saturated carbocycles. The maximum absolute atomic E-state index is 12.3. The number of carbonyl (C=O) groups excluding carboxylic acids is 2. The van der Waals surface area contributed by atoms with Gasteiger partial charge in [0.25, 0.3) is 0 Å². The summed E-state index contributed by atoms with van der Waals surface area (Å²) in [6.07, 6.45) is -2.13. The highest BCUT2D eigenvalue weighted by Gasteiger charge is 2.29. The van der Waals surface area contributed by atoms with E-state index >= 15 is 0 Å². The van der Waals surface area contributed by atoms with Gasteiger partial charge in [0.1, 0.15) is 18.5 Å². The fourth-order valence-corrected chi connectivity index (χ4v) is 4.36. The first-order valence-corrected chi connectivity index (χ1v) is 11.1. The Morgan fingerprint density at radius 1 is 1.03 bits per heavy atom. The van der Waals surface area contributed by atoms with Crippen LogP contribution in [0, 0.1) is 0 Å². The van der Waals surface area contributed by atoms with E-state index in [1.54, 1.807) is 6.07 Å². The Morgan fingerprint density at radius 2 is 1.68 bits per heavy atom. The summed E-state index contributed by atoms with van der Waals surface area (Å²) < 4.78 is 10.6. The standard InChI is InChI=1S/C27H27NO6/c1-33-25-14-17(10-11-18(25)15-29)26(31)24(30)12-13-28-27(32)34-16-23-21-8-4-2-6-19(21)20-7-3-5-9-22(20)23/h2-11,14-15,23-24,26,30-31H,12-13,16H2,1H3,(H,28,32). The number of alkyl carbamates (subject to hydrolysis) is 1. The highest BCUT2D eigenvalue weighted by molar-refractivity contribution is 5.80. The van der Waals surface area contributed by atoms with E-state index < -0.39 is 18.3 Å². The van der Waals surface area contributed by atoms with Crippen molar-refractivity contribution in [2.45, 2.75) is 24.5 Å². The third-order valence-corrected chi connectivity index (χ3v) is 6.14. The van der Waals surface area contributed by atoms with E-state index in [9.17, 15) is 19.8 Å². The highest BCUT2D eigenvalue weighted by Crippen LogP contribution is 2.44. The number of hydrogen-bond acceptors (Lipinski definition) is 6. The largest absolute Gasteiger partial charge is 0.496 e. The first kappa shape index (κ1) is 23.5. The highest BCUT2D eigenvalue weighted by atomic mass is 16.5. The topological polar surface area (TPSA) is 105 Å². The molecule has 0 heterocycles. The summed E-state index contributed by atoms with van der Waals surface area (Å²) in [7, 11) is 1.42. The molecule has 7 nitrogen and oxygen atoms in total. The van der Waals surface area contributed by atoms with Crippen molar-refractivity contribution in [2.24, 2.45) is 0 Å². The minimum Gasteiger partial charge on any atom is -0.496 e. The molecule has 2 unspecified atom stereocenters. The van der Waals surface area contributed by atoms with Crippen molar-refractivity contribution in [2.75, 3.05) is 20.3 Å². The predicted molar refractivity (Wildman–Crippen MR) is 127 cm³/mol. The fourth-order valence-electron chi connectivity index (χ4n) is 4.36. The van der Waals surface area contributed by atoms with E-state index in [2.05, 4.69) is 29.6 Å². The molecule has 0 aliphatic heterocycles. The minimum absolute atomic E-state index is 0.0325. The van der Waals surface area contributed by atoms with E-state index in [1.165, 1.54) is 19.2 Å².